The molecule has 0 radical (unpaired) electrons. The lowest BCUT2D eigenvalue weighted by Gasteiger charge is -1.93. The fraction of sp³-hybridized carbons (Fsp3) is 0.875. The van der Waals surface area contributed by atoms with Crippen LogP contribution in [-0.2, 0) is 4.79 Å². The number of carbonyl (C=O) groups excluding carboxylic acids is 1. The van der Waals surface area contributed by atoms with Crippen molar-refractivity contribution in [2.75, 3.05) is 6.54 Å². The van der Waals surface area contributed by atoms with Crippen LogP contribution >= 0.6 is 0 Å². The summed E-state index contributed by atoms with van der Waals surface area (Å²) in [5.74, 6) is -0.216. The number of amides is 1. The highest BCUT2D eigenvalue weighted by Crippen LogP contribution is 1.96. The molecule has 4 N–H and O–H groups in total. The van der Waals surface area contributed by atoms with Crippen molar-refractivity contribution >= 4 is 5.91 Å². The molecule has 0 unspecified atom stereocenters. The summed E-state index contributed by atoms with van der Waals surface area (Å²) >= 11 is 0. The van der Waals surface area contributed by atoms with Crippen molar-refractivity contribution in [2.24, 2.45) is 11.5 Å². The van der Waals surface area contributed by atoms with Crippen LogP contribution in [0.2, 0.25) is 0 Å². The summed E-state index contributed by atoms with van der Waals surface area (Å²) < 4.78 is 0. The number of hydrogen-bond acceptors (Lipinski definition) is 2. The van der Waals surface area contributed by atoms with Crippen LogP contribution in [-0.4, -0.2) is 12.5 Å². The van der Waals surface area contributed by atoms with Crippen LogP contribution in [0, 0.1) is 0 Å². The second-order valence-electron chi connectivity index (χ2n) is 2.07. The van der Waals surface area contributed by atoms with Crippen molar-refractivity contribution in [3.63, 3.8) is 0 Å². The number of primary amides is 1. The lowest BCUT2D eigenvalue weighted by atomic mass is 10.2. The number of unbranched alkanes of at least 4 members (excludes halogenated alkanes) is 2. The minimum Gasteiger partial charge on any atom is -0.370 e. The SMILES string of the molecule is CC.NCCCCCC(N)=O. The van der Waals surface area contributed by atoms with Crippen molar-refractivity contribution < 1.29 is 4.79 Å². The Morgan fingerprint density at radius 3 is 2.09 bits per heavy atom. The first kappa shape index (κ1) is 13.1. The van der Waals surface area contributed by atoms with Crippen LogP contribution < -0.4 is 11.5 Å². The molecule has 0 aliphatic rings. The largest absolute Gasteiger partial charge is 0.370 e. The quantitative estimate of drug-likeness (QED) is 0.589. The van der Waals surface area contributed by atoms with Gasteiger partial charge in [0.25, 0.3) is 0 Å². The van der Waals surface area contributed by atoms with Gasteiger partial charge in [0, 0.05) is 6.42 Å². The standard InChI is InChI=1S/C6H14N2O.C2H6/c7-5-3-1-2-4-6(8)9;1-2/h1-5,7H2,(H2,8,9);1-2H3. The molecule has 0 heterocycles. The zero-order valence-corrected chi connectivity index (χ0v) is 7.60. The van der Waals surface area contributed by atoms with Crippen molar-refractivity contribution in [1.29, 1.82) is 0 Å². The third kappa shape index (κ3) is 17.7. The van der Waals surface area contributed by atoms with Gasteiger partial charge < -0.3 is 11.5 Å². The van der Waals surface area contributed by atoms with Crippen molar-refractivity contribution in [3.05, 3.63) is 0 Å². The molecule has 0 saturated heterocycles. The third-order valence-electron chi connectivity index (χ3n) is 1.13. The Bertz CT molecular complexity index is 84.2. The zero-order chi connectivity index (χ0) is 9.11. The van der Waals surface area contributed by atoms with E-state index in [2.05, 4.69) is 0 Å². The summed E-state index contributed by atoms with van der Waals surface area (Å²) in [5.41, 5.74) is 10.1. The average molecular weight is 160 g/mol. The van der Waals surface area contributed by atoms with E-state index >= 15 is 0 Å². The summed E-state index contributed by atoms with van der Waals surface area (Å²) in [6.07, 6.45) is 3.39. The molecule has 0 aromatic carbocycles. The monoisotopic (exact) mass is 160 g/mol. The molecule has 0 bridgehead atoms. The molecule has 1 amide bonds. The molecule has 0 aromatic heterocycles. The maximum atomic E-state index is 10.2. The first-order chi connectivity index (χ1) is 5.27. The van der Waals surface area contributed by atoms with E-state index in [9.17, 15) is 4.79 Å². The Labute approximate surface area is 69.1 Å². The molecular formula is C8H20N2O. The maximum absolute atomic E-state index is 10.2. The number of rotatable bonds is 5. The molecule has 0 spiro atoms. The van der Waals surface area contributed by atoms with E-state index in [1.165, 1.54) is 0 Å². The van der Waals surface area contributed by atoms with Gasteiger partial charge in [0.2, 0.25) is 5.91 Å². The van der Waals surface area contributed by atoms with Gasteiger partial charge in [0.1, 0.15) is 0 Å². The molecule has 0 saturated carbocycles. The molecule has 0 atom stereocenters. The van der Waals surface area contributed by atoms with Gasteiger partial charge in [-0.3, -0.25) is 4.79 Å². The fourth-order valence-electron chi connectivity index (χ4n) is 0.620. The van der Waals surface area contributed by atoms with Crippen LogP contribution in [0.5, 0.6) is 0 Å². The molecule has 3 nitrogen and oxygen atoms in total. The van der Waals surface area contributed by atoms with E-state index in [0.717, 1.165) is 19.3 Å². The van der Waals surface area contributed by atoms with Gasteiger partial charge in [-0.2, -0.15) is 0 Å². The summed E-state index contributed by atoms with van der Waals surface area (Å²) in [6, 6.07) is 0. The Balaban J connectivity index is 0. The van der Waals surface area contributed by atoms with E-state index in [1.807, 2.05) is 13.8 Å². The predicted octanol–water partition coefficient (Wildman–Crippen LogP) is 1.02. The topological polar surface area (TPSA) is 69.1 Å². The van der Waals surface area contributed by atoms with E-state index in [0.29, 0.717) is 13.0 Å². The first-order valence-corrected chi connectivity index (χ1v) is 4.25. The van der Waals surface area contributed by atoms with Crippen LogP contribution in [0.4, 0.5) is 0 Å². The molecule has 0 aliphatic heterocycles. The second-order valence-corrected chi connectivity index (χ2v) is 2.07. The Kier molecular flexibility index (Phi) is 14.4. The van der Waals surface area contributed by atoms with E-state index in [-0.39, 0.29) is 5.91 Å². The van der Waals surface area contributed by atoms with Crippen molar-refractivity contribution in [1.82, 2.24) is 0 Å². The molecule has 3 heteroatoms. The van der Waals surface area contributed by atoms with Crippen LogP contribution in [0.15, 0.2) is 0 Å². The highest BCUT2D eigenvalue weighted by Gasteiger charge is 1.91. The molecule has 0 rings (SSSR count). The minimum absolute atomic E-state index is 0.216. The fourth-order valence-corrected chi connectivity index (χ4v) is 0.620. The predicted molar refractivity (Wildman–Crippen MR) is 48.1 cm³/mol. The highest BCUT2D eigenvalue weighted by molar-refractivity contribution is 5.73. The Morgan fingerprint density at radius 2 is 1.73 bits per heavy atom. The first-order valence-electron chi connectivity index (χ1n) is 4.25. The summed E-state index contributed by atoms with van der Waals surface area (Å²) in [6.45, 7) is 4.71. The lowest BCUT2D eigenvalue weighted by molar-refractivity contribution is -0.118. The van der Waals surface area contributed by atoms with E-state index < -0.39 is 0 Å². The molecular weight excluding hydrogens is 140 g/mol. The molecule has 0 aliphatic carbocycles. The Morgan fingerprint density at radius 1 is 1.18 bits per heavy atom. The summed E-state index contributed by atoms with van der Waals surface area (Å²) in [7, 11) is 0. The summed E-state index contributed by atoms with van der Waals surface area (Å²) in [4.78, 5) is 10.2. The van der Waals surface area contributed by atoms with Crippen LogP contribution in [0.3, 0.4) is 0 Å². The smallest absolute Gasteiger partial charge is 0.217 e. The average Bonchev–Trinajstić information content (AvgIpc) is 2.02. The van der Waals surface area contributed by atoms with Crippen molar-refractivity contribution in [3.8, 4) is 0 Å². The molecule has 11 heavy (non-hydrogen) atoms. The van der Waals surface area contributed by atoms with Gasteiger partial charge in [-0.15, -0.1) is 0 Å². The van der Waals surface area contributed by atoms with Crippen LogP contribution in [0.25, 0.3) is 0 Å². The van der Waals surface area contributed by atoms with Gasteiger partial charge in [-0.25, -0.2) is 0 Å². The normalized spacial score (nSPS) is 8.27. The minimum atomic E-state index is -0.216. The van der Waals surface area contributed by atoms with Gasteiger partial charge >= 0.3 is 0 Å². The number of nitrogens with two attached hydrogens (primary N) is 2. The lowest BCUT2D eigenvalue weighted by Crippen LogP contribution is -2.09. The third-order valence-corrected chi connectivity index (χ3v) is 1.13. The second kappa shape index (κ2) is 12.1. The highest BCUT2D eigenvalue weighted by atomic mass is 16.1. The molecule has 0 fully saturated rings. The Hall–Kier alpha value is -0.570. The number of hydrogen-bond donors (Lipinski definition) is 2. The van der Waals surface area contributed by atoms with Gasteiger partial charge in [-0.05, 0) is 19.4 Å². The van der Waals surface area contributed by atoms with Gasteiger partial charge in [0.05, 0.1) is 0 Å². The maximum Gasteiger partial charge on any atom is 0.217 e. The molecule has 68 valence electrons. The van der Waals surface area contributed by atoms with Crippen LogP contribution in [0.1, 0.15) is 39.5 Å². The zero-order valence-electron chi connectivity index (χ0n) is 7.60. The number of carbonyl (C=O) groups is 1. The molecule has 0 aromatic rings. The van der Waals surface area contributed by atoms with Crippen molar-refractivity contribution in [2.45, 2.75) is 39.5 Å². The van der Waals surface area contributed by atoms with Gasteiger partial charge in [-0.1, -0.05) is 20.3 Å². The van der Waals surface area contributed by atoms with E-state index in [1.54, 1.807) is 0 Å². The van der Waals surface area contributed by atoms with E-state index in [4.69, 9.17) is 11.5 Å². The van der Waals surface area contributed by atoms with Gasteiger partial charge in [0.15, 0.2) is 0 Å². The summed E-state index contributed by atoms with van der Waals surface area (Å²) in [5, 5.41) is 0.